The van der Waals surface area contributed by atoms with E-state index < -0.39 is 5.97 Å². The van der Waals surface area contributed by atoms with E-state index in [1.807, 2.05) is 42.5 Å². The van der Waals surface area contributed by atoms with Gasteiger partial charge in [0.15, 0.2) is 5.13 Å². The van der Waals surface area contributed by atoms with Gasteiger partial charge in [0.1, 0.15) is 11.9 Å². The summed E-state index contributed by atoms with van der Waals surface area (Å²) in [6, 6.07) is 14.2. The highest BCUT2D eigenvalue weighted by Gasteiger charge is 2.27. The summed E-state index contributed by atoms with van der Waals surface area (Å²) < 4.78 is 12.2. The highest BCUT2D eigenvalue weighted by molar-refractivity contribution is 7.22. The molecular formula is C25H24N4O4S. The summed E-state index contributed by atoms with van der Waals surface area (Å²) in [7, 11) is 1.66. The van der Waals surface area contributed by atoms with Crippen molar-refractivity contribution in [1.29, 1.82) is 0 Å². The third kappa shape index (κ3) is 4.94. The Hall–Kier alpha value is -3.72. The van der Waals surface area contributed by atoms with Crippen LogP contribution in [-0.2, 0) is 4.79 Å². The summed E-state index contributed by atoms with van der Waals surface area (Å²) in [5, 5.41) is 13.3. The Labute approximate surface area is 200 Å². The molecule has 0 bridgehead atoms. The van der Waals surface area contributed by atoms with E-state index in [1.165, 1.54) is 0 Å². The van der Waals surface area contributed by atoms with Crippen molar-refractivity contribution in [3.8, 4) is 22.9 Å². The normalized spacial score (nSPS) is 17.9. The molecular weight excluding hydrogens is 452 g/mol. The Balaban J connectivity index is 1.20. The van der Waals surface area contributed by atoms with Crippen LogP contribution in [0, 0.1) is 5.92 Å². The van der Waals surface area contributed by atoms with E-state index in [4.69, 9.17) is 14.6 Å². The minimum atomic E-state index is -0.721. The van der Waals surface area contributed by atoms with Gasteiger partial charge in [0.25, 0.3) is 0 Å². The molecule has 1 saturated carbocycles. The van der Waals surface area contributed by atoms with Gasteiger partial charge in [0.05, 0.1) is 23.2 Å². The molecule has 0 radical (unpaired) electrons. The third-order valence-corrected chi connectivity index (χ3v) is 6.92. The van der Waals surface area contributed by atoms with Crippen LogP contribution in [-0.4, -0.2) is 39.2 Å². The van der Waals surface area contributed by atoms with E-state index in [9.17, 15) is 4.79 Å². The van der Waals surface area contributed by atoms with E-state index >= 15 is 0 Å². The monoisotopic (exact) mass is 476 g/mol. The smallest absolute Gasteiger partial charge is 0.316 e. The highest BCUT2D eigenvalue weighted by atomic mass is 32.1. The Morgan fingerprint density at radius 3 is 2.44 bits per heavy atom. The molecule has 5 rings (SSSR count). The van der Waals surface area contributed by atoms with Crippen molar-refractivity contribution in [2.45, 2.75) is 31.8 Å². The van der Waals surface area contributed by atoms with Gasteiger partial charge in [-0.25, -0.2) is 15.0 Å². The molecule has 1 aliphatic rings. The molecule has 1 fully saturated rings. The molecule has 4 aromatic rings. The number of rotatable bonds is 7. The molecule has 0 saturated heterocycles. The van der Waals surface area contributed by atoms with E-state index in [-0.39, 0.29) is 12.0 Å². The Morgan fingerprint density at radius 2 is 1.76 bits per heavy atom. The molecule has 2 aromatic carbocycles. The van der Waals surface area contributed by atoms with Crippen LogP contribution in [0.1, 0.15) is 25.7 Å². The van der Waals surface area contributed by atoms with E-state index in [2.05, 4.69) is 20.3 Å². The minimum Gasteiger partial charge on any atom is -0.497 e. The molecule has 8 nitrogen and oxygen atoms in total. The lowest BCUT2D eigenvalue weighted by atomic mass is 9.87. The largest absolute Gasteiger partial charge is 0.497 e. The van der Waals surface area contributed by atoms with Crippen LogP contribution in [0.4, 0.5) is 10.8 Å². The summed E-state index contributed by atoms with van der Waals surface area (Å²) in [6.07, 6.45) is 6.13. The van der Waals surface area contributed by atoms with Gasteiger partial charge in [0.2, 0.25) is 0 Å². The molecule has 174 valence electrons. The lowest BCUT2D eigenvalue weighted by Gasteiger charge is -2.25. The first-order valence-electron chi connectivity index (χ1n) is 11.1. The zero-order valence-electron chi connectivity index (χ0n) is 18.6. The first kappa shape index (κ1) is 22.1. The summed E-state index contributed by atoms with van der Waals surface area (Å²) in [4.78, 5) is 24.4. The van der Waals surface area contributed by atoms with Crippen LogP contribution in [0.2, 0.25) is 0 Å². The van der Waals surface area contributed by atoms with Crippen LogP contribution >= 0.6 is 11.3 Å². The van der Waals surface area contributed by atoms with Gasteiger partial charge in [-0.2, -0.15) is 0 Å². The lowest BCUT2D eigenvalue weighted by molar-refractivity contribution is -0.143. The molecule has 9 heteroatoms. The van der Waals surface area contributed by atoms with Gasteiger partial charge < -0.3 is 19.9 Å². The molecule has 0 amide bonds. The molecule has 0 spiro atoms. The zero-order chi connectivity index (χ0) is 23.5. The van der Waals surface area contributed by atoms with Gasteiger partial charge in [0, 0.05) is 23.6 Å². The van der Waals surface area contributed by atoms with Crippen molar-refractivity contribution in [2.75, 3.05) is 12.4 Å². The number of hydrogen-bond donors (Lipinski definition) is 2. The highest BCUT2D eigenvalue weighted by Crippen LogP contribution is 2.32. The fourth-order valence-electron chi connectivity index (χ4n) is 4.06. The zero-order valence-corrected chi connectivity index (χ0v) is 19.4. The van der Waals surface area contributed by atoms with E-state index in [0.717, 1.165) is 37.9 Å². The maximum atomic E-state index is 11.1. The van der Waals surface area contributed by atoms with Gasteiger partial charge in [-0.1, -0.05) is 23.5 Å². The van der Waals surface area contributed by atoms with E-state index in [0.29, 0.717) is 31.7 Å². The number of methoxy groups -OCH3 is 1. The Kier molecular flexibility index (Phi) is 6.27. The molecule has 1 aliphatic carbocycles. The molecule has 2 N–H and O–H groups in total. The van der Waals surface area contributed by atoms with E-state index in [1.54, 1.807) is 30.8 Å². The average Bonchev–Trinajstić information content (AvgIpc) is 3.27. The second-order valence-electron chi connectivity index (χ2n) is 8.24. The average molecular weight is 477 g/mol. The van der Waals surface area contributed by atoms with Crippen LogP contribution < -0.4 is 14.8 Å². The fourth-order valence-corrected chi connectivity index (χ4v) is 4.97. The van der Waals surface area contributed by atoms with Gasteiger partial charge in [-0.15, -0.1) is 0 Å². The van der Waals surface area contributed by atoms with Crippen molar-refractivity contribution < 1.29 is 19.4 Å². The summed E-state index contributed by atoms with van der Waals surface area (Å²) in [5.41, 5.74) is 3.75. The topological polar surface area (TPSA) is 106 Å². The SMILES string of the molecule is COc1ccc2nc(Nc3ccc(-c4cnc(O[C@H]5CC[C@@H](C(=O)O)CC5)nc4)cc3)sc2c1. The second kappa shape index (κ2) is 9.64. The molecule has 0 aliphatic heterocycles. The number of carboxylic acids is 1. The number of aromatic nitrogens is 3. The molecule has 0 unspecified atom stereocenters. The van der Waals surface area contributed by atoms with Gasteiger partial charge in [-0.3, -0.25) is 4.79 Å². The maximum absolute atomic E-state index is 11.1. The quantitative estimate of drug-likeness (QED) is 0.359. The summed E-state index contributed by atoms with van der Waals surface area (Å²) in [6.45, 7) is 0. The first-order chi connectivity index (χ1) is 16.6. The summed E-state index contributed by atoms with van der Waals surface area (Å²) >= 11 is 1.57. The van der Waals surface area contributed by atoms with Gasteiger partial charge in [-0.05, 0) is 61.6 Å². The Morgan fingerprint density at radius 1 is 1.03 bits per heavy atom. The predicted molar refractivity (Wildman–Crippen MR) is 131 cm³/mol. The van der Waals surface area contributed by atoms with Crippen molar-refractivity contribution in [3.63, 3.8) is 0 Å². The minimum absolute atomic E-state index is 0.0320. The summed E-state index contributed by atoms with van der Waals surface area (Å²) in [5.74, 6) is -0.170. The maximum Gasteiger partial charge on any atom is 0.316 e. The molecule has 0 atom stereocenters. The number of carboxylic acid groups (broad SMARTS) is 1. The molecule has 2 heterocycles. The predicted octanol–water partition coefficient (Wildman–Crippen LogP) is 5.53. The number of hydrogen-bond acceptors (Lipinski definition) is 8. The van der Waals surface area contributed by atoms with Crippen LogP contribution in [0.5, 0.6) is 11.8 Å². The number of thiazole rings is 1. The Bertz CT molecular complexity index is 1280. The van der Waals surface area contributed by atoms with Crippen molar-refractivity contribution in [2.24, 2.45) is 5.92 Å². The van der Waals surface area contributed by atoms with Crippen LogP contribution in [0.3, 0.4) is 0 Å². The third-order valence-electron chi connectivity index (χ3n) is 5.99. The standard InChI is InChI=1S/C25H24N4O4S/c1-32-20-10-11-21-22(12-20)34-25(29-21)28-18-6-2-15(3-7-18)17-13-26-24(27-14-17)33-19-8-4-16(5-9-19)23(30)31/h2-3,6-7,10-14,16,19H,4-5,8-9H2,1H3,(H,28,29)(H,30,31)/t16-,19+. The molecule has 2 aromatic heterocycles. The number of benzene rings is 2. The molecule has 34 heavy (non-hydrogen) atoms. The first-order valence-corrected chi connectivity index (χ1v) is 11.9. The van der Waals surface area contributed by atoms with Crippen molar-refractivity contribution in [1.82, 2.24) is 15.0 Å². The number of aliphatic carboxylic acids is 1. The number of carbonyl (C=O) groups is 1. The fraction of sp³-hybridized carbons (Fsp3) is 0.280. The number of fused-ring (bicyclic) bond motifs is 1. The van der Waals surface area contributed by atoms with Crippen molar-refractivity contribution in [3.05, 3.63) is 54.9 Å². The van der Waals surface area contributed by atoms with Gasteiger partial charge >= 0.3 is 12.0 Å². The number of anilines is 2. The number of nitrogens with zero attached hydrogens (tertiary/aromatic N) is 3. The van der Waals surface area contributed by atoms with Crippen LogP contribution in [0.25, 0.3) is 21.3 Å². The number of nitrogens with one attached hydrogen (secondary N) is 1. The lowest BCUT2D eigenvalue weighted by Crippen LogP contribution is -2.28. The van der Waals surface area contributed by atoms with Crippen LogP contribution in [0.15, 0.2) is 54.9 Å². The van der Waals surface area contributed by atoms with Crippen molar-refractivity contribution >= 4 is 38.3 Å². The second-order valence-corrected chi connectivity index (χ2v) is 9.27. The number of ether oxygens (including phenoxy) is 2.